The van der Waals surface area contributed by atoms with E-state index in [0.717, 1.165) is 25.7 Å². The molecule has 0 aromatic carbocycles. The van der Waals surface area contributed by atoms with Gasteiger partial charge in [-0.1, -0.05) is 42.4 Å². The first-order valence-corrected chi connectivity index (χ1v) is 7.01. The molecule has 0 aromatic rings. The largest absolute Gasteiger partial charge is 0.299 e. The molecule has 1 heteroatoms. The Balaban J connectivity index is 2.88. The Labute approximate surface area is 112 Å². The van der Waals surface area contributed by atoms with Crippen LogP contribution in [0.25, 0.3) is 0 Å². The molecular formula is C17H26O. The third-order valence-corrected chi connectivity index (χ3v) is 3.98. The molecule has 2 unspecified atom stereocenters. The zero-order valence-corrected chi connectivity index (χ0v) is 12.2. The first-order valence-electron chi connectivity index (χ1n) is 7.01. The van der Waals surface area contributed by atoms with Gasteiger partial charge in [-0.05, 0) is 52.4 Å². The van der Waals surface area contributed by atoms with E-state index in [-0.39, 0.29) is 5.92 Å². The van der Waals surface area contributed by atoms with Crippen LogP contribution < -0.4 is 0 Å². The predicted octanol–water partition coefficient (Wildman–Crippen LogP) is 4.85. The third-order valence-electron chi connectivity index (χ3n) is 3.98. The van der Waals surface area contributed by atoms with E-state index < -0.39 is 0 Å². The average Bonchev–Trinajstić information content (AvgIpc) is 2.31. The molecule has 0 N–H and O–H groups in total. The minimum atomic E-state index is 0.111. The van der Waals surface area contributed by atoms with Gasteiger partial charge in [0, 0.05) is 5.92 Å². The second-order valence-corrected chi connectivity index (χ2v) is 5.48. The Morgan fingerprint density at radius 2 is 1.83 bits per heavy atom. The molecule has 100 valence electrons. The van der Waals surface area contributed by atoms with Crippen LogP contribution in [0.3, 0.4) is 0 Å². The Bertz CT molecular complexity index is 371. The van der Waals surface area contributed by atoms with Crippen molar-refractivity contribution in [3.63, 3.8) is 0 Å². The summed E-state index contributed by atoms with van der Waals surface area (Å²) in [4.78, 5) is 11.7. The van der Waals surface area contributed by atoms with Gasteiger partial charge in [0.1, 0.15) is 5.78 Å². The molecular weight excluding hydrogens is 220 g/mol. The molecule has 2 atom stereocenters. The lowest BCUT2D eigenvalue weighted by Gasteiger charge is -2.15. The van der Waals surface area contributed by atoms with Gasteiger partial charge >= 0.3 is 0 Å². The Hall–Kier alpha value is -1.11. The van der Waals surface area contributed by atoms with Crippen LogP contribution in [0.1, 0.15) is 53.4 Å². The van der Waals surface area contributed by atoms with Crippen molar-refractivity contribution in [3.8, 4) is 0 Å². The van der Waals surface area contributed by atoms with Crippen molar-refractivity contribution in [2.45, 2.75) is 53.4 Å². The summed E-state index contributed by atoms with van der Waals surface area (Å²) >= 11 is 0. The topological polar surface area (TPSA) is 17.1 Å². The van der Waals surface area contributed by atoms with Crippen molar-refractivity contribution in [3.05, 3.63) is 35.5 Å². The summed E-state index contributed by atoms with van der Waals surface area (Å²) in [5, 5.41) is 0. The van der Waals surface area contributed by atoms with E-state index in [1.54, 1.807) is 6.92 Å². The normalized spacial score (nSPS) is 31.3. The molecule has 0 aliphatic heterocycles. The quantitative estimate of drug-likeness (QED) is 0.604. The van der Waals surface area contributed by atoms with Gasteiger partial charge < -0.3 is 0 Å². The monoisotopic (exact) mass is 246 g/mol. The fourth-order valence-electron chi connectivity index (χ4n) is 2.39. The van der Waals surface area contributed by atoms with E-state index in [9.17, 15) is 4.79 Å². The summed E-state index contributed by atoms with van der Waals surface area (Å²) in [7, 11) is 0. The van der Waals surface area contributed by atoms with Gasteiger partial charge in [0.2, 0.25) is 0 Å². The highest BCUT2D eigenvalue weighted by atomic mass is 16.1. The van der Waals surface area contributed by atoms with E-state index in [4.69, 9.17) is 0 Å². The van der Waals surface area contributed by atoms with E-state index >= 15 is 0 Å². The van der Waals surface area contributed by atoms with Crippen molar-refractivity contribution in [1.82, 2.24) is 0 Å². The van der Waals surface area contributed by atoms with Crippen LogP contribution in [-0.2, 0) is 4.79 Å². The number of ketones is 1. The van der Waals surface area contributed by atoms with Crippen LogP contribution in [0.15, 0.2) is 35.5 Å². The van der Waals surface area contributed by atoms with Crippen LogP contribution in [-0.4, -0.2) is 5.78 Å². The number of carbonyl (C=O) groups excluding carboxylic acids is 1. The Kier molecular flexibility index (Phi) is 6.11. The van der Waals surface area contributed by atoms with E-state index in [1.807, 2.05) is 0 Å². The Morgan fingerprint density at radius 3 is 2.50 bits per heavy atom. The molecule has 0 spiro atoms. The first-order chi connectivity index (χ1) is 8.52. The zero-order chi connectivity index (χ0) is 13.5. The molecule has 1 aliphatic carbocycles. The van der Waals surface area contributed by atoms with Crippen LogP contribution in [0.4, 0.5) is 0 Å². The standard InChI is InChI=1S/C17H26O/c1-13-9-6-5-7-12-17(16(4)18)15(3)11-8-10-14(13)2/h5-6,10-11,13,17H,7-9,12H2,1-4H3/b6-5-,14-10-,15-11?. The maximum absolute atomic E-state index is 11.7. The second-order valence-electron chi connectivity index (χ2n) is 5.48. The van der Waals surface area contributed by atoms with Crippen molar-refractivity contribution in [2.24, 2.45) is 11.8 Å². The molecule has 1 aliphatic rings. The molecule has 0 radical (unpaired) electrons. The number of hydrogen-bond acceptors (Lipinski definition) is 1. The summed E-state index contributed by atoms with van der Waals surface area (Å²) < 4.78 is 0. The highest BCUT2D eigenvalue weighted by molar-refractivity contribution is 5.81. The summed E-state index contributed by atoms with van der Waals surface area (Å²) in [6.45, 7) is 8.28. The molecule has 0 aromatic heterocycles. The minimum absolute atomic E-state index is 0.111. The number of Topliss-reactive ketones (excluding diaryl/α,β-unsaturated/α-hetero) is 1. The molecule has 1 rings (SSSR count). The number of hydrogen-bond donors (Lipinski definition) is 0. The zero-order valence-electron chi connectivity index (χ0n) is 12.2. The van der Waals surface area contributed by atoms with Crippen molar-refractivity contribution >= 4 is 5.78 Å². The smallest absolute Gasteiger partial charge is 0.136 e. The minimum Gasteiger partial charge on any atom is -0.299 e. The predicted molar refractivity (Wildman–Crippen MR) is 78.5 cm³/mol. The summed E-state index contributed by atoms with van der Waals surface area (Å²) in [6, 6.07) is 0. The van der Waals surface area contributed by atoms with Crippen molar-refractivity contribution in [2.75, 3.05) is 0 Å². The maximum atomic E-state index is 11.7. The molecule has 0 bridgehead atoms. The fourth-order valence-corrected chi connectivity index (χ4v) is 2.39. The average molecular weight is 246 g/mol. The number of carbonyl (C=O) groups is 1. The van der Waals surface area contributed by atoms with Gasteiger partial charge in [0.15, 0.2) is 0 Å². The van der Waals surface area contributed by atoms with Crippen LogP contribution in [0.5, 0.6) is 0 Å². The molecule has 0 heterocycles. The van der Waals surface area contributed by atoms with Gasteiger partial charge in [-0.3, -0.25) is 4.79 Å². The first kappa shape index (κ1) is 14.9. The lowest BCUT2D eigenvalue weighted by atomic mass is 9.89. The van der Waals surface area contributed by atoms with Gasteiger partial charge in [-0.25, -0.2) is 0 Å². The van der Waals surface area contributed by atoms with Crippen molar-refractivity contribution in [1.29, 1.82) is 0 Å². The van der Waals surface area contributed by atoms with Crippen LogP contribution >= 0.6 is 0 Å². The molecule has 1 nitrogen and oxygen atoms in total. The summed E-state index contributed by atoms with van der Waals surface area (Å²) in [6.07, 6.45) is 13.0. The molecule has 0 saturated heterocycles. The lowest BCUT2D eigenvalue weighted by Crippen LogP contribution is -2.12. The van der Waals surface area contributed by atoms with Crippen molar-refractivity contribution < 1.29 is 4.79 Å². The number of allylic oxidation sites excluding steroid dienone is 6. The second kappa shape index (κ2) is 7.35. The highest BCUT2D eigenvalue weighted by Gasteiger charge is 2.15. The Morgan fingerprint density at radius 1 is 1.17 bits per heavy atom. The highest BCUT2D eigenvalue weighted by Crippen LogP contribution is 2.22. The van der Waals surface area contributed by atoms with E-state index in [2.05, 4.69) is 45.1 Å². The third kappa shape index (κ3) is 4.64. The van der Waals surface area contributed by atoms with E-state index in [1.165, 1.54) is 11.1 Å². The molecule has 18 heavy (non-hydrogen) atoms. The van der Waals surface area contributed by atoms with Gasteiger partial charge in [0.05, 0.1) is 0 Å². The lowest BCUT2D eigenvalue weighted by molar-refractivity contribution is -0.119. The van der Waals surface area contributed by atoms with Gasteiger partial charge in [-0.2, -0.15) is 0 Å². The van der Waals surface area contributed by atoms with Crippen LogP contribution in [0, 0.1) is 11.8 Å². The summed E-state index contributed by atoms with van der Waals surface area (Å²) in [5.74, 6) is 1.03. The molecule has 0 saturated carbocycles. The maximum Gasteiger partial charge on any atom is 0.136 e. The van der Waals surface area contributed by atoms with Crippen LogP contribution in [0.2, 0.25) is 0 Å². The van der Waals surface area contributed by atoms with Gasteiger partial charge in [-0.15, -0.1) is 0 Å². The molecule has 0 fully saturated rings. The summed E-state index contributed by atoms with van der Waals surface area (Å²) in [5.41, 5.74) is 2.68. The number of rotatable bonds is 1. The molecule has 0 amide bonds. The fraction of sp³-hybridized carbons (Fsp3) is 0.588. The van der Waals surface area contributed by atoms with Gasteiger partial charge in [0.25, 0.3) is 0 Å². The SMILES string of the molecule is CC(=O)C1CC/C=C\CC(C)/C(C)=C\CC=C1C. The van der Waals surface area contributed by atoms with E-state index in [0.29, 0.717) is 11.7 Å².